The predicted octanol–water partition coefficient (Wildman–Crippen LogP) is 2.79. The van der Waals surface area contributed by atoms with Crippen LogP contribution in [0.2, 0.25) is 0 Å². The van der Waals surface area contributed by atoms with Crippen molar-refractivity contribution in [2.24, 2.45) is 5.73 Å². The van der Waals surface area contributed by atoms with Gasteiger partial charge in [0.2, 0.25) is 0 Å². The molecule has 0 saturated carbocycles. The Balaban J connectivity index is 2.02. The maximum Gasteiger partial charge on any atom is 0.0570 e. The minimum Gasteiger partial charge on any atom is -0.330 e. The molecular weight excluding hydrogens is 272 g/mol. The van der Waals surface area contributed by atoms with Crippen molar-refractivity contribution >= 4 is 0 Å². The SMILES string of the molecule is Cc1cccc(CC(CCCN)NC(C)c2ccccn2)n1. The zero-order valence-electron chi connectivity index (χ0n) is 13.5. The van der Waals surface area contributed by atoms with E-state index in [9.17, 15) is 0 Å². The van der Waals surface area contributed by atoms with E-state index in [2.05, 4.69) is 40.4 Å². The van der Waals surface area contributed by atoms with Gasteiger partial charge in [0.1, 0.15) is 0 Å². The number of pyridine rings is 2. The van der Waals surface area contributed by atoms with Crippen LogP contribution in [0.15, 0.2) is 42.6 Å². The van der Waals surface area contributed by atoms with Crippen molar-refractivity contribution in [3.8, 4) is 0 Å². The molecule has 2 heterocycles. The Morgan fingerprint density at radius 2 is 2.05 bits per heavy atom. The van der Waals surface area contributed by atoms with Crippen LogP contribution in [0.1, 0.15) is 42.9 Å². The van der Waals surface area contributed by atoms with Gasteiger partial charge in [0.25, 0.3) is 0 Å². The molecule has 0 bridgehead atoms. The largest absolute Gasteiger partial charge is 0.330 e. The molecule has 0 fully saturated rings. The lowest BCUT2D eigenvalue weighted by Crippen LogP contribution is -2.34. The highest BCUT2D eigenvalue weighted by Gasteiger charge is 2.15. The van der Waals surface area contributed by atoms with Gasteiger partial charge in [0.05, 0.1) is 5.69 Å². The molecule has 0 aliphatic heterocycles. The first-order chi connectivity index (χ1) is 10.7. The van der Waals surface area contributed by atoms with Gasteiger partial charge in [0, 0.05) is 36.1 Å². The standard InChI is InChI=1S/C18H26N4/c1-14-7-5-8-16(21-14)13-17(9-6-11-19)22-15(2)18-10-3-4-12-20-18/h3-5,7-8,10,12,15,17,22H,6,9,11,13,19H2,1-2H3. The third-order valence-corrected chi connectivity index (χ3v) is 3.78. The number of aryl methyl sites for hydroxylation is 1. The summed E-state index contributed by atoms with van der Waals surface area (Å²) in [6.45, 7) is 4.90. The first-order valence-electron chi connectivity index (χ1n) is 7.98. The van der Waals surface area contributed by atoms with E-state index in [1.165, 1.54) is 0 Å². The Labute approximate surface area is 133 Å². The highest BCUT2D eigenvalue weighted by atomic mass is 15.0. The summed E-state index contributed by atoms with van der Waals surface area (Å²) in [5, 5.41) is 3.68. The van der Waals surface area contributed by atoms with Gasteiger partial charge in [-0.05, 0) is 57.5 Å². The van der Waals surface area contributed by atoms with Crippen LogP contribution in [-0.2, 0) is 6.42 Å². The molecule has 0 spiro atoms. The Kier molecular flexibility index (Phi) is 6.49. The average molecular weight is 298 g/mol. The highest BCUT2D eigenvalue weighted by molar-refractivity contribution is 5.12. The van der Waals surface area contributed by atoms with Gasteiger partial charge in [-0.1, -0.05) is 12.1 Å². The lowest BCUT2D eigenvalue weighted by Gasteiger charge is -2.23. The third-order valence-electron chi connectivity index (χ3n) is 3.78. The molecule has 4 nitrogen and oxygen atoms in total. The fourth-order valence-corrected chi connectivity index (χ4v) is 2.65. The average Bonchev–Trinajstić information content (AvgIpc) is 2.53. The number of aromatic nitrogens is 2. The second-order valence-electron chi connectivity index (χ2n) is 5.75. The van der Waals surface area contributed by atoms with Crippen LogP contribution in [0.4, 0.5) is 0 Å². The number of rotatable bonds is 8. The molecule has 22 heavy (non-hydrogen) atoms. The van der Waals surface area contributed by atoms with Crippen molar-refractivity contribution in [1.82, 2.24) is 15.3 Å². The molecule has 2 atom stereocenters. The fourth-order valence-electron chi connectivity index (χ4n) is 2.65. The Morgan fingerprint density at radius 3 is 2.73 bits per heavy atom. The van der Waals surface area contributed by atoms with E-state index in [0.29, 0.717) is 6.04 Å². The predicted molar refractivity (Wildman–Crippen MR) is 90.5 cm³/mol. The van der Waals surface area contributed by atoms with Crippen LogP contribution >= 0.6 is 0 Å². The molecule has 2 aromatic rings. The van der Waals surface area contributed by atoms with Gasteiger partial charge in [-0.2, -0.15) is 0 Å². The summed E-state index contributed by atoms with van der Waals surface area (Å²) < 4.78 is 0. The molecule has 4 heteroatoms. The summed E-state index contributed by atoms with van der Waals surface area (Å²) in [4.78, 5) is 9.04. The summed E-state index contributed by atoms with van der Waals surface area (Å²) in [7, 11) is 0. The van der Waals surface area contributed by atoms with Crippen molar-refractivity contribution in [3.63, 3.8) is 0 Å². The Hall–Kier alpha value is -1.78. The van der Waals surface area contributed by atoms with Crippen molar-refractivity contribution in [2.45, 2.75) is 45.2 Å². The summed E-state index contributed by atoms with van der Waals surface area (Å²) >= 11 is 0. The third kappa shape index (κ3) is 5.20. The second-order valence-corrected chi connectivity index (χ2v) is 5.75. The summed E-state index contributed by atoms with van der Waals surface area (Å²) in [5.74, 6) is 0. The Morgan fingerprint density at radius 1 is 1.18 bits per heavy atom. The van der Waals surface area contributed by atoms with Gasteiger partial charge < -0.3 is 11.1 Å². The minimum absolute atomic E-state index is 0.216. The van der Waals surface area contributed by atoms with Gasteiger partial charge >= 0.3 is 0 Å². The summed E-state index contributed by atoms with van der Waals surface area (Å²) in [5.41, 5.74) is 8.94. The van der Waals surface area contributed by atoms with Gasteiger partial charge in [-0.25, -0.2) is 0 Å². The fraction of sp³-hybridized carbons (Fsp3) is 0.444. The highest BCUT2D eigenvalue weighted by Crippen LogP contribution is 2.13. The zero-order valence-corrected chi connectivity index (χ0v) is 13.5. The number of nitrogens with zero attached hydrogens (tertiary/aromatic N) is 2. The summed E-state index contributed by atoms with van der Waals surface area (Å²) in [6, 6.07) is 12.8. The second kappa shape index (κ2) is 8.61. The number of hydrogen-bond donors (Lipinski definition) is 2. The first kappa shape index (κ1) is 16.6. The molecule has 2 rings (SSSR count). The van der Waals surface area contributed by atoms with Gasteiger partial charge in [0.15, 0.2) is 0 Å². The molecule has 0 aliphatic rings. The van der Waals surface area contributed by atoms with E-state index in [-0.39, 0.29) is 6.04 Å². The molecule has 2 unspecified atom stereocenters. The van der Waals surface area contributed by atoms with Crippen LogP contribution in [0.5, 0.6) is 0 Å². The number of hydrogen-bond acceptors (Lipinski definition) is 4. The van der Waals surface area contributed by atoms with E-state index in [1.54, 1.807) is 0 Å². The quantitative estimate of drug-likeness (QED) is 0.786. The van der Waals surface area contributed by atoms with Crippen LogP contribution in [0.3, 0.4) is 0 Å². The molecule has 0 amide bonds. The Bertz CT molecular complexity index is 556. The van der Waals surface area contributed by atoms with Crippen LogP contribution in [-0.4, -0.2) is 22.6 Å². The minimum atomic E-state index is 0.216. The topological polar surface area (TPSA) is 63.8 Å². The molecule has 3 N–H and O–H groups in total. The van der Waals surface area contributed by atoms with E-state index < -0.39 is 0 Å². The van der Waals surface area contributed by atoms with Crippen molar-refractivity contribution in [3.05, 3.63) is 59.7 Å². The monoisotopic (exact) mass is 298 g/mol. The smallest absolute Gasteiger partial charge is 0.0570 e. The van der Waals surface area contributed by atoms with E-state index in [1.807, 2.05) is 31.3 Å². The lowest BCUT2D eigenvalue weighted by molar-refractivity contribution is 0.413. The van der Waals surface area contributed by atoms with Crippen LogP contribution in [0.25, 0.3) is 0 Å². The molecule has 0 aliphatic carbocycles. The molecule has 0 radical (unpaired) electrons. The van der Waals surface area contributed by atoms with Crippen molar-refractivity contribution < 1.29 is 0 Å². The van der Waals surface area contributed by atoms with Gasteiger partial charge in [-0.3, -0.25) is 9.97 Å². The van der Waals surface area contributed by atoms with Crippen molar-refractivity contribution in [2.75, 3.05) is 6.54 Å². The molecule has 2 aromatic heterocycles. The lowest BCUT2D eigenvalue weighted by atomic mass is 10.0. The zero-order chi connectivity index (χ0) is 15.8. The van der Waals surface area contributed by atoms with E-state index in [4.69, 9.17) is 5.73 Å². The van der Waals surface area contributed by atoms with E-state index in [0.717, 1.165) is 42.9 Å². The molecular formula is C18H26N4. The van der Waals surface area contributed by atoms with E-state index >= 15 is 0 Å². The molecule has 0 saturated heterocycles. The number of nitrogens with one attached hydrogen (secondary N) is 1. The molecule has 118 valence electrons. The first-order valence-corrected chi connectivity index (χ1v) is 7.98. The van der Waals surface area contributed by atoms with Gasteiger partial charge in [-0.15, -0.1) is 0 Å². The van der Waals surface area contributed by atoms with Crippen molar-refractivity contribution in [1.29, 1.82) is 0 Å². The van der Waals surface area contributed by atoms with Crippen LogP contribution < -0.4 is 11.1 Å². The summed E-state index contributed by atoms with van der Waals surface area (Å²) in [6.07, 6.45) is 4.81. The molecule has 0 aromatic carbocycles. The maximum absolute atomic E-state index is 5.68. The van der Waals surface area contributed by atoms with Crippen LogP contribution in [0, 0.1) is 6.92 Å². The number of nitrogens with two attached hydrogens (primary N) is 1. The normalized spacial score (nSPS) is 13.8. The maximum atomic E-state index is 5.68.